The third-order valence-corrected chi connectivity index (χ3v) is 8.98. The molecule has 0 aromatic rings. The van der Waals surface area contributed by atoms with E-state index in [2.05, 4.69) is 67.0 Å². The van der Waals surface area contributed by atoms with Crippen molar-refractivity contribution in [3.05, 3.63) is 60.8 Å². The Hall–Kier alpha value is -2.82. The SMILES string of the molecule is CC/C=C/C/C=C/C/C=C/C/C=C/C/C=C/CCCC(=O)OC[C@@H](COP(=O)(O)OC[C@@H](N)C(=O)O)OC(=O)CCCCCCCCCCCCCC. The molecule has 0 aromatic carbocycles. The van der Waals surface area contributed by atoms with Crippen molar-refractivity contribution in [2.75, 3.05) is 19.8 Å². The fourth-order valence-corrected chi connectivity index (χ4v) is 5.70. The highest BCUT2D eigenvalue weighted by Gasteiger charge is 2.28. The van der Waals surface area contributed by atoms with Crippen molar-refractivity contribution in [3.8, 4) is 0 Å². The lowest BCUT2D eigenvalue weighted by Crippen LogP contribution is -2.34. The summed E-state index contributed by atoms with van der Waals surface area (Å²) in [5, 5.41) is 8.86. The topological polar surface area (TPSA) is 172 Å². The number of carboxylic acids is 1. The van der Waals surface area contributed by atoms with Crippen LogP contribution >= 0.6 is 7.82 Å². The summed E-state index contributed by atoms with van der Waals surface area (Å²) in [5.74, 6) is -2.46. The Balaban J connectivity index is 4.51. The molecule has 53 heavy (non-hydrogen) atoms. The van der Waals surface area contributed by atoms with Crippen LogP contribution in [0.4, 0.5) is 0 Å². The summed E-state index contributed by atoms with van der Waals surface area (Å²) in [6, 6.07) is -1.53. The monoisotopic (exact) mass is 767 g/mol. The van der Waals surface area contributed by atoms with E-state index in [0.717, 1.165) is 51.4 Å². The molecule has 0 rings (SSSR count). The first-order valence-electron chi connectivity index (χ1n) is 19.8. The Morgan fingerprint density at radius 1 is 0.604 bits per heavy atom. The molecule has 0 radical (unpaired) electrons. The van der Waals surface area contributed by atoms with Crippen LogP contribution < -0.4 is 5.73 Å². The normalized spacial score (nSPS) is 14.5. The highest BCUT2D eigenvalue weighted by molar-refractivity contribution is 7.47. The number of hydrogen-bond donors (Lipinski definition) is 3. The summed E-state index contributed by atoms with van der Waals surface area (Å²) < 4.78 is 32.5. The fraction of sp³-hybridized carbons (Fsp3) is 0.683. The van der Waals surface area contributed by atoms with Crippen molar-refractivity contribution in [1.82, 2.24) is 0 Å². The molecule has 12 heteroatoms. The quantitative estimate of drug-likeness (QED) is 0.0240. The van der Waals surface area contributed by atoms with E-state index in [-0.39, 0.29) is 19.4 Å². The van der Waals surface area contributed by atoms with E-state index in [1.165, 1.54) is 51.4 Å². The molecule has 3 atom stereocenters. The molecule has 0 saturated heterocycles. The third-order valence-electron chi connectivity index (χ3n) is 8.03. The summed E-state index contributed by atoms with van der Waals surface area (Å²) in [6.07, 6.45) is 40.1. The van der Waals surface area contributed by atoms with Crippen molar-refractivity contribution in [1.29, 1.82) is 0 Å². The number of carboxylic acid groups (broad SMARTS) is 1. The molecular weight excluding hydrogens is 697 g/mol. The van der Waals surface area contributed by atoms with E-state index in [9.17, 15) is 23.8 Å². The molecule has 0 aliphatic carbocycles. The van der Waals surface area contributed by atoms with E-state index in [1.54, 1.807) is 0 Å². The van der Waals surface area contributed by atoms with Crippen molar-refractivity contribution in [2.45, 2.75) is 161 Å². The number of esters is 2. The number of carbonyl (C=O) groups is 3. The minimum Gasteiger partial charge on any atom is -0.480 e. The van der Waals surface area contributed by atoms with E-state index in [1.807, 2.05) is 12.2 Å². The zero-order chi connectivity index (χ0) is 39.3. The molecule has 0 heterocycles. The largest absolute Gasteiger partial charge is 0.480 e. The standard InChI is InChI=1S/C41H70NO10P/c1-3-5-7-9-11-13-15-17-18-19-20-21-23-24-26-28-30-32-39(43)49-34-37(35-50-53(47,48)51-36-38(42)41(45)46)52-40(44)33-31-29-27-25-22-16-14-12-10-8-6-4-2/h5,7,11,13,17-18,20-21,24,26,37-38H,3-4,6,8-10,12,14-16,19,22-23,25,27-36,42H2,1-2H3,(H,45,46)(H,47,48)/b7-5+,13-11+,18-17+,21-20+,26-24+/t37-,38+/m0/s1. The first-order chi connectivity index (χ1) is 25.6. The van der Waals surface area contributed by atoms with Gasteiger partial charge in [-0.2, -0.15) is 0 Å². The number of ether oxygens (including phenoxy) is 2. The van der Waals surface area contributed by atoms with Crippen LogP contribution in [0.1, 0.15) is 149 Å². The van der Waals surface area contributed by atoms with Crippen molar-refractivity contribution in [2.24, 2.45) is 5.73 Å². The van der Waals surface area contributed by atoms with Gasteiger partial charge in [-0.1, -0.05) is 145 Å². The van der Waals surface area contributed by atoms with Gasteiger partial charge in [0.05, 0.1) is 13.2 Å². The van der Waals surface area contributed by atoms with Gasteiger partial charge in [0.2, 0.25) is 0 Å². The van der Waals surface area contributed by atoms with Gasteiger partial charge in [-0.3, -0.25) is 23.4 Å². The van der Waals surface area contributed by atoms with Crippen LogP contribution in [0.15, 0.2) is 60.8 Å². The summed E-state index contributed by atoms with van der Waals surface area (Å²) in [5.41, 5.74) is 5.31. The number of phosphoric acid groups is 1. The molecule has 4 N–H and O–H groups in total. The Morgan fingerprint density at radius 3 is 1.57 bits per heavy atom. The van der Waals surface area contributed by atoms with Gasteiger partial charge in [-0.05, 0) is 51.4 Å². The van der Waals surface area contributed by atoms with Gasteiger partial charge in [-0.25, -0.2) is 4.57 Å². The molecule has 0 fully saturated rings. The molecule has 0 aliphatic rings. The van der Waals surface area contributed by atoms with Crippen LogP contribution in [0, 0.1) is 0 Å². The highest BCUT2D eigenvalue weighted by Crippen LogP contribution is 2.43. The molecule has 0 aromatic heterocycles. The van der Waals surface area contributed by atoms with Crippen LogP contribution in [0.5, 0.6) is 0 Å². The van der Waals surface area contributed by atoms with Gasteiger partial charge in [0.1, 0.15) is 12.6 Å². The molecule has 304 valence electrons. The van der Waals surface area contributed by atoms with E-state index >= 15 is 0 Å². The van der Waals surface area contributed by atoms with Gasteiger partial charge in [0.25, 0.3) is 0 Å². The summed E-state index contributed by atoms with van der Waals surface area (Å²) in [6.45, 7) is 2.60. The number of hydrogen-bond acceptors (Lipinski definition) is 9. The van der Waals surface area contributed by atoms with E-state index < -0.39 is 51.1 Å². The fourth-order valence-electron chi connectivity index (χ4n) is 4.92. The second kappa shape index (κ2) is 36.2. The van der Waals surface area contributed by atoms with Gasteiger partial charge in [0, 0.05) is 12.8 Å². The van der Waals surface area contributed by atoms with Crippen molar-refractivity contribution >= 4 is 25.7 Å². The molecule has 0 aliphatic heterocycles. The average molecular weight is 768 g/mol. The number of nitrogens with two attached hydrogens (primary N) is 1. The van der Waals surface area contributed by atoms with Gasteiger partial charge in [0.15, 0.2) is 6.10 Å². The van der Waals surface area contributed by atoms with Crippen LogP contribution in [0.3, 0.4) is 0 Å². The smallest absolute Gasteiger partial charge is 0.472 e. The van der Waals surface area contributed by atoms with Crippen LogP contribution in [-0.2, 0) is 37.5 Å². The number of aliphatic carboxylic acids is 1. The predicted molar refractivity (Wildman–Crippen MR) is 212 cm³/mol. The molecule has 0 saturated carbocycles. The number of carbonyl (C=O) groups excluding carboxylic acids is 2. The lowest BCUT2D eigenvalue weighted by Gasteiger charge is -2.20. The molecule has 0 spiro atoms. The van der Waals surface area contributed by atoms with E-state index in [4.69, 9.17) is 24.8 Å². The Bertz CT molecular complexity index is 1130. The zero-order valence-corrected chi connectivity index (χ0v) is 33.5. The summed E-state index contributed by atoms with van der Waals surface area (Å²) >= 11 is 0. The van der Waals surface area contributed by atoms with Crippen molar-refractivity contribution < 1.29 is 47.5 Å². The Labute approximate surface area is 319 Å². The van der Waals surface area contributed by atoms with Crippen molar-refractivity contribution in [3.63, 3.8) is 0 Å². The zero-order valence-electron chi connectivity index (χ0n) is 32.6. The second-order valence-corrected chi connectivity index (χ2v) is 14.5. The second-order valence-electron chi connectivity index (χ2n) is 13.0. The van der Waals surface area contributed by atoms with Gasteiger partial charge < -0.3 is 25.2 Å². The number of unbranched alkanes of at least 4 members (excludes halogenated alkanes) is 12. The lowest BCUT2D eigenvalue weighted by molar-refractivity contribution is -0.161. The Morgan fingerprint density at radius 2 is 1.06 bits per heavy atom. The number of phosphoric ester groups is 1. The lowest BCUT2D eigenvalue weighted by atomic mass is 10.0. The molecule has 1 unspecified atom stereocenters. The average Bonchev–Trinajstić information content (AvgIpc) is 3.13. The van der Waals surface area contributed by atoms with Gasteiger partial charge in [-0.15, -0.1) is 0 Å². The van der Waals surface area contributed by atoms with Crippen LogP contribution in [-0.4, -0.2) is 59.9 Å². The number of allylic oxidation sites excluding steroid dienone is 10. The highest BCUT2D eigenvalue weighted by atomic mass is 31.2. The molecule has 0 amide bonds. The first kappa shape index (κ1) is 50.2. The van der Waals surface area contributed by atoms with E-state index in [0.29, 0.717) is 19.3 Å². The number of rotatable bonds is 36. The van der Waals surface area contributed by atoms with Gasteiger partial charge >= 0.3 is 25.7 Å². The van der Waals surface area contributed by atoms with Crippen LogP contribution in [0.25, 0.3) is 0 Å². The third kappa shape index (κ3) is 36.0. The molecule has 0 bridgehead atoms. The summed E-state index contributed by atoms with van der Waals surface area (Å²) in [4.78, 5) is 45.8. The maximum atomic E-state index is 12.6. The minimum absolute atomic E-state index is 0.142. The predicted octanol–water partition coefficient (Wildman–Crippen LogP) is 10.00. The maximum absolute atomic E-state index is 12.6. The Kier molecular flexibility index (Phi) is 34.2. The van der Waals surface area contributed by atoms with Crippen LogP contribution in [0.2, 0.25) is 0 Å². The first-order valence-corrected chi connectivity index (χ1v) is 21.3. The minimum atomic E-state index is -4.72. The maximum Gasteiger partial charge on any atom is 0.472 e. The summed E-state index contributed by atoms with van der Waals surface area (Å²) in [7, 11) is -4.72. The molecular formula is C41H70NO10P. The molecule has 11 nitrogen and oxygen atoms in total.